The van der Waals surface area contributed by atoms with Crippen molar-refractivity contribution in [2.75, 3.05) is 0 Å². The molecule has 2 aromatic carbocycles. The minimum atomic E-state index is -0.0644. The van der Waals surface area contributed by atoms with E-state index in [0.29, 0.717) is 5.70 Å². The van der Waals surface area contributed by atoms with Gasteiger partial charge in [-0.3, -0.25) is 0 Å². The smallest absolute Gasteiger partial charge is 0.170 e. The molecule has 0 radical (unpaired) electrons. The first-order chi connectivity index (χ1) is 12.2. The maximum Gasteiger partial charge on any atom is 0.170 e. The summed E-state index contributed by atoms with van der Waals surface area (Å²) in [7, 11) is 0. The molecule has 3 N–H and O–H groups in total. The summed E-state index contributed by atoms with van der Waals surface area (Å²) in [5.74, 6) is 1.14. The third kappa shape index (κ3) is 3.96. The fourth-order valence-corrected chi connectivity index (χ4v) is 2.94. The van der Waals surface area contributed by atoms with Crippen molar-refractivity contribution in [2.24, 2.45) is 11.7 Å². The van der Waals surface area contributed by atoms with Crippen LogP contribution in [0, 0.1) is 5.92 Å². The molecule has 0 amide bonds. The molecule has 25 heavy (non-hydrogen) atoms. The molecule has 0 bridgehead atoms. The molecule has 0 saturated heterocycles. The van der Waals surface area contributed by atoms with Crippen molar-refractivity contribution >= 4 is 11.5 Å². The Hall–Kier alpha value is -2.90. The number of ether oxygens (including phenoxy) is 1. The molecular formula is C22H24N2O. The summed E-state index contributed by atoms with van der Waals surface area (Å²) in [6.07, 6.45) is 1.71. The predicted octanol–water partition coefficient (Wildman–Crippen LogP) is 4.50. The lowest BCUT2D eigenvalue weighted by atomic mass is 10.0. The van der Waals surface area contributed by atoms with Gasteiger partial charge in [-0.15, -0.1) is 5.73 Å². The van der Waals surface area contributed by atoms with Gasteiger partial charge >= 0.3 is 0 Å². The van der Waals surface area contributed by atoms with Crippen molar-refractivity contribution in [3.05, 3.63) is 89.8 Å². The van der Waals surface area contributed by atoms with Crippen LogP contribution in [0.4, 0.5) is 0 Å². The van der Waals surface area contributed by atoms with Crippen molar-refractivity contribution in [1.29, 1.82) is 0 Å². The van der Waals surface area contributed by atoms with Crippen LogP contribution < -0.4 is 11.1 Å². The Kier molecular flexibility index (Phi) is 5.27. The third-order valence-corrected chi connectivity index (χ3v) is 4.49. The minimum absolute atomic E-state index is 0.0644. The number of rotatable bonds is 6. The van der Waals surface area contributed by atoms with Gasteiger partial charge in [0.1, 0.15) is 0 Å². The first-order valence-corrected chi connectivity index (χ1v) is 8.62. The first kappa shape index (κ1) is 16.9. The number of nitrogens with one attached hydrogen (secondary N) is 1. The largest absolute Gasteiger partial charge is 0.468 e. The molecule has 0 spiro atoms. The van der Waals surface area contributed by atoms with Gasteiger partial charge in [-0.05, 0) is 6.42 Å². The van der Waals surface area contributed by atoms with Crippen LogP contribution in [0.15, 0.2) is 78.7 Å². The van der Waals surface area contributed by atoms with E-state index in [1.807, 2.05) is 36.4 Å². The van der Waals surface area contributed by atoms with Crippen LogP contribution in [0.25, 0.3) is 11.5 Å². The van der Waals surface area contributed by atoms with Crippen LogP contribution in [0.3, 0.4) is 0 Å². The number of hydrogen-bond donors (Lipinski definition) is 2. The molecule has 0 saturated carbocycles. The Morgan fingerprint density at radius 2 is 1.72 bits per heavy atom. The van der Waals surface area contributed by atoms with Crippen LogP contribution in [0.5, 0.6) is 0 Å². The van der Waals surface area contributed by atoms with Crippen LogP contribution in [-0.4, -0.2) is 6.23 Å². The van der Waals surface area contributed by atoms with Crippen molar-refractivity contribution in [3.8, 4) is 0 Å². The van der Waals surface area contributed by atoms with Gasteiger partial charge in [-0.2, -0.15) is 0 Å². The number of allylic oxidation sites excluding steroid dienone is 1. The highest BCUT2D eigenvalue weighted by Crippen LogP contribution is 2.33. The van der Waals surface area contributed by atoms with Crippen molar-refractivity contribution in [1.82, 2.24) is 5.32 Å². The monoisotopic (exact) mass is 332 g/mol. The fourth-order valence-electron chi connectivity index (χ4n) is 2.94. The average molecular weight is 332 g/mol. The Morgan fingerprint density at radius 1 is 1.12 bits per heavy atom. The Balaban J connectivity index is 1.80. The van der Waals surface area contributed by atoms with E-state index in [4.69, 9.17) is 10.5 Å². The fraction of sp³-hybridized carbons (Fsp3) is 0.227. The lowest BCUT2D eigenvalue weighted by molar-refractivity contribution is 0.155. The molecule has 3 nitrogen and oxygen atoms in total. The summed E-state index contributed by atoms with van der Waals surface area (Å²) in [6, 6.07) is 20.5. The van der Waals surface area contributed by atoms with Crippen LogP contribution in [0.2, 0.25) is 0 Å². The Bertz CT molecular complexity index is 738. The molecule has 2 atom stereocenters. The summed E-state index contributed by atoms with van der Waals surface area (Å²) in [5, 5.41) is 3.54. The van der Waals surface area contributed by atoms with Gasteiger partial charge in [-0.1, -0.05) is 74.2 Å². The van der Waals surface area contributed by atoms with Crippen LogP contribution >= 0.6 is 0 Å². The molecule has 0 fully saturated rings. The number of hydrogen-bond acceptors (Lipinski definition) is 3. The van der Waals surface area contributed by atoms with E-state index in [1.165, 1.54) is 0 Å². The quantitative estimate of drug-likeness (QED) is 0.766. The molecule has 1 aliphatic heterocycles. The van der Waals surface area contributed by atoms with E-state index in [1.54, 1.807) is 0 Å². The highest BCUT2D eigenvalue weighted by atomic mass is 16.5. The third-order valence-electron chi connectivity index (χ3n) is 4.49. The maximum absolute atomic E-state index is 6.26. The summed E-state index contributed by atoms with van der Waals surface area (Å²) in [6.45, 7) is 5.71. The average Bonchev–Trinajstić information content (AvgIpc) is 3.11. The standard InChI is InChI=1S/C22H24N2O/c1-3-19(23)16(2)14-15-20-24-21(17-10-6-4-7-11-17)22(25-20)18-12-8-5-9-13-18/h4-13,16,20,24H,1,14-15,23H2,2H3. The van der Waals surface area contributed by atoms with Gasteiger partial charge in [0.2, 0.25) is 0 Å². The molecule has 3 heteroatoms. The first-order valence-electron chi connectivity index (χ1n) is 8.62. The van der Waals surface area contributed by atoms with Gasteiger partial charge in [0.15, 0.2) is 12.0 Å². The van der Waals surface area contributed by atoms with E-state index < -0.39 is 0 Å². The molecule has 1 aliphatic rings. The number of nitrogens with two attached hydrogens (primary N) is 1. The van der Waals surface area contributed by atoms with Gasteiger partial charge < -0.3 is 15.8 Å². The molecule has 2 aromatic rings. The summed E-state index contributed by atoms with van der Waals surface area (Å²) >= 11 is 0. The van der Waals surface area contributed by atoms with Crippen molar-refractivity contribution in [2.45, 2.75) is 26.0 Å². The van der Waals surface area contributed by atoms with E-state index in [9.17, 15) is 0 Å². The topological polar surface area (TPSA) is 47.3 Å². The molecule has 0 aliphatic carbocycles. The van der Waals surface area contributed by atoms with Crippen molar-refractivity contribution in [3.63, 3.8) is 0 Å². The second-order valence-corrected chi connectivity index (χ2v) is 6.30. The van der Waals surface area contributed by atoms with E-state index in [-0.39, 0.29) is 12.1 Å². The van der Waals surface area contributed by atoms with Gasteiger partial charge in [0, 0.05) is 23.5 Å². The normalized spacial score (nSPS) is 17.4. The highest BCUT2D eigenvalue weighted by Gasteiger charge is 2.27. The van der Waals surface area contributed by atoms with Gasteiger partial charge in [-0.25, -0.2) is 0 Å². The molecule has 0 aromatic heterocycles. The molecule has 3 rings (SSSR count). The van der Waals surface area contributed by atoms with Crippen LogP contribution in [0.1, 0.15) is 30.9 Å². The maximum atomic E-state index is 6.26. The van der Waals surface area contributed by atoms with Crippen LogP contribution in [-0.2, 0) is 4.74 Å². The van der Waals surface area contributed by atoms with E-state index >= 15 is 0 Å². The molecule has 1 heterocycles. The highest BCUT2D eigenvalue weighted by molar-refractivity contribution is 5.88. The Morgan fingerprint density at radius 3 is 2.32 bits per heavy atom. The molecular weight excluding hydrogens is 308 g/mol. The second kappa shape index (κ2) is 7.78. The molecule has 2 unspecified atom stereocenters. The van der Waals surface area contributed by atoms with E-state index in [0.717, 1.165) is 35.4 Å². The molecule has 128 valence electrons. The summed E-state index contributed by atoms with van der Waals surface area (Å²) < 4.78 is 6.26. The van der Waals surface area contributed by atoms with Gasteiger partial charge in [0.25, 0.3) is 0 Å². The summed E-state index contributed by atoms with van der Waals surface area (Å²) in [5.41, 5.74) is 12.6. The zero-order valence-corrected chi connectivity index (χ0v) is 14.5. The van der Waals surface area contributed by atoms with E-state index in [2.05, 4.69) is 48.8 Å². The lowest BCUT2D eigenvalue weighted by Crippen LogP contribution is -2.24. The zero-order chi connectivity index (χ0) is 17.6. The zero-order valence-electron chi connectivity index (χ0n) is 14.5. The van der Waals surface area contributed by atoms with Crippen molar-refractivity contribution < 1.29 is 4.74 Å². The minimum Gasteiger partial charge on any atom is -0.468 e. The lowest BCUT2D eigenvalue weighted by Gasteiger charge is -2.16. The number of benzene rings is 2. The summed E-state index contributed by atoms with van der Waals surface area (Å²) in [4.78, 5) is 0. The van der Waals surface area contributed by atoms with Gasteiger partial charge in [0.05, 0.1) is 11.4 Å². The predicted molar refractivity (Wildman–Crippen MR) is 103 cm³/mol. The Labute approximate surface area is 149 Å². The second-order valence-electron chi connectivity index (χ2n) is 6.30. The SMILES string of the molecule is C=C=C(N)C(C)CCC1NC(c2ccccc2)=C(c2ccccc2)O1.